The molecule has 0 unspecified atom stereocenters. The fraction of sp³-hybridized carbons (Fsp3) is 0.389. The van der Waals surface area contributed by atoms with Crippen molar-refractivity contribution in [1.29, 1.82) is 0 Å². The molecule has 1 fully saturated rings. The second kappa shape index (κ2) is 9.01. The number of amides is 1. The average molecular weight is 428 g/mol. The number of hydrogen-bond donors (Lipinski definition) is 1. The van der Waals surface area contributed by atoms with Crippen LogP contribution in [-0.4, -0.2) is 51.0 Å². The van der Waals surface area contributed by atoms with Gasteiger partial charge in [-0.15, -0.1) is 36.2 Å². The molecule has 2 aromatic heterocycles. The molecule has 1 N–H and O–H groups in total. The van der Waals surface area contributed by atoms with Crippen LogP contribution in [-0.2, 0) is 11.3 Å². The Balaban J connectivity index is 0.00000131. The molecule has 3 heterocycles. The van der Waals surface area contributed by atoms with Gasteiger partial charge in [0.1, 0.15) is 6.54 Å². The molecular weight excluding hydrogens is 405 g/mol. The third kappa shape index (κ3) is 4.11. The second-order valence-corrected chi connectivity index (χ2v) is 7.27. The Bertz CT molecular complexity index is 926. The van der Waals surface area contributed by atoms with Gasteiger partial charge in [0.15, 0.2) is 5.82 Å². The molecule has 0 bridgehead atoms. The smallest absolute Gasteiger partial charge is 0.242 e. The summed E-state index contributed by atoms with van der Waals surface area (Å²) in [6.07, 6.45) is 0. The molecule has 6 nitrogen and oxygen atoms in total. The lowest BCUT2D eigenvalue weighted by Crippen LogP contribution is -2.53. The van der Waals surface area contributed by atoms with Crippen molar-refractivity contribution in [3.63, 3.8) is 0 Å². The second-order valence-electron chi connectivity index (χ2n) is 6.42. The molecule has 1 saturated heterocycles. The lowest BCUT2D eigenvalue weighted by atomic mass is 10.2. The Kier molecular flexibility index (Phi) is 7.22. The van der Waals surface area contributed by atoms with Crippen LogP contribution in [0.1, 0.15) is 12.6 Å². The van der Waals surface area contributed by atoms with Crippen LogP contribution >= 0.6 is 36.2 Å². The number of halogens is 2. The standard InChI is InChI=1S/C18H21N5OS.2ClH/c1-12-9-19-7-8-22(12)16(24)10-23-15-6-4-3-5-14(15)21-18(23)17-13(2)20-11-25-17;;/h3-6,11-12,19H,7-10H2,1-2H3;2*1H/t12-;;/m1../s1. The molecule has 0 saturated carbocycles. The van der Waals surface area contributed by atoms with E-state index < -0.39 is 0 Å². The van der Waals surface area contributed by atoms with Gasteiger partial charge >= 0.3 is 0 Å². The quantitative estimate of drug-likeness (QED) is 0.697. The monoisotopic (exact) mass is 427 g/mol. The van der Waals surface area contributed by atoms with E-state index in [9.17, 15) is 4.79 Å². The Morgan fingerprint density at radius 3 is 2.81 bits per heavy atom. The summed E-state index contributed by atoms with van der Waals surface area (Å²) in [4.78, 5) is 25.1. The van der Waals surface area contributed by atoms with E-state index in [0.717, 1.165) is 47.1 Å². The van der Waals surface area contributed by atoms with Gasteiger partial charge in [0, 0.05) is 25.7 Å². The van der Waals surface area contributed by atoms with E-state index in [0.29, 0.717) is 6.54 Å². The minimum atomic E-state index is 0. The van der Waals surface area contributed by atoms with Crippen molar-refractivity contribution in [2.45, 2.75) is 26.4 Å². The number of carbonyl (C=O) groups is 1. The highest BCUT2D eigenvalue weighted by Gasteiger charge is 2.25. The Morgan fingerprint density at radius 1 is 1.33 bits per heavy atom. The van der Waals surface area contributed by atoms with Gasteiger partial charge in [-0.25, -0.2) is 9.97 Å². The number of piperazine rings is 1. The number of hydrogen-bond acceptors (Lipinski definition) is 5. The summed E-state index contributed by atoms with van der Waals surface area (Å²) in [7, 11) is 0. The maximum Gasteiger partial charge on any atom is 0.242 e. The van der Waals surface area contributed by atoms with Crippen molar-refractivity contribution in [2.75, 3.05) is 19.6 Å². The Labute approximate surface area is 174 Å². The average Bonchev–Trinajstić information content (AvgIpc) is 3.19. The predicted molar refractivity (Wildman–Crippen MR) is 114 cm³/mol. The van der Waals surface area contributed by atoms with Crippen LogP contribution in [0.25, 0.3) is 21.7 Å². The topological polar surface area (TPSA) is 63.1 Å². The van der Waals surface area contributed by atoms with E-state index in [-0.39, 0.29) is 36.8 Å². The van der Waals surface area contributed by atoms with Crippen molar-refractivity contribution in [1.82, 2.24) is 24.8 Å². The summed E-state index contributed by atoms with van der Waals surface area (Å²) >= 11 is 1.57. The van der Waals surface area contributed by atoms with Crippen LogP contribution < -0.4 is 5.32 Å². The summed E-state index contributed by atoms with van der Waals surface area (Å²) in [5.41, 5.74) is 4.67. The molecule has 0 spiro atoms. The van der Waals surface area contributed by atoms with Gasteiger partial charge in [-0.2, -0.15) is 0 Å². The number of carbonyl (C=O) groups excluding carboxylic acids is 1. The maximum absolute atomic E-state index is 13.0. The minimum absolute atomic E-state index is 0. The number of aromatic nitrogens is 3. The number of thiazole rings is 1. The zero-order valence-electron chi connectivity index (χ0n) is 15.2. The fourth-order valence-electron chi connectivity index (χ4n) is 3.36. The maximum atomic E-state index is 13.0. The molecule has 3 aromatic rings. The van der Waals surface area contributed by atoms with E-state index in [1.165, 1.54) is 0 Å². The van der Waals surface area contributed by atoms with Gasteiger partial charge < -0.3 is 14.8 Å². The van der Waals surface area contributed by atoms with E-state index in [1.807, 2.05) is 46.2 Å². The largest absolute Gasteiger partial charge is 0.336 e. The molecule has 146 valence electrons. The number of nitrogens with zero attached hydrogens (tertiary/aromatic N) is 4. The number of fused-ring (bicyclic) bond motifs is 1. The van der Waals surface area contributed by atoms with Crippen molar-refractivity contribution in [2.24, 2.45) is 0 Å². The molecule has 1 aliphatic heterocycles. The first kappa shape index (κ1) is 21.6. The molecule has 1 amide bonds. The summed E-state index contributed by atoms with van der Waals surface area (Å²) in [5, 5.41) is 3.33. The zero-order valence-corrected chi connectivity index (χ0v) is 17.7. The van der Waals surface area contributed by atoms with Crippen LogP contribution in [0.3, 0.4) is 0 Å². The highest BCUT2D eigenvalue weighted by atomic mass is 35.5. The third-order valence-electron chi connectivity index (χ3n) is 4.72. The lowest BCUT2D eigenvalue weighted by Gasteiger charge is -2.34. The third-order valence-corrected chi connectivity index (χ3v) is 5.64. The van der Waals surface area contributed by atoms with Gasteiger partial charge in [-0.3, -0.25) is 4.79 Å². The van der Waals surface area contributed by atoms with E-state index in [4.69, 9.17) is 4.98 Å². The predicted octanol–water partition coefficient (Wildman–Crippen LogP) is 3.13. The Morgan fingerprint density at radius 2 is 2.11 bits per heavy atom. The van der Waals surface area contributed by atoms with Crippen LogP contribution in [0.5, 0.6) is 0 Å². The molecule has 27 heavy (non-hydrogen) atoms. The van der Waals surface area contributed by atoms with Gasteiger partial charge in [0.2, 0.25) is 5.91 Å². The number of benzene rings is 1. The SMILES string of the molecule is Cc1ncsc1-c1nc2ccccc2n1CC(=O)N1CCNC[C@H]1C.Cl.Cl. The molecular formula is C18H23Cl2N5OS. The van der Waals surface area contributed by atoms with Gasteiger partial charge in [0.25, 0.3) is 0 Å². The normalized spacial score (nSPS) is 16.7. The van der Waals surface area contributed by atoms with Crippen molar-refractivity contribution in [3.8, 4) is 10.7 Å². The number of aryl methyl sites for hydroxylation is 1. The van der Waals surface area contributed by atoms with Crippen molar-refractivity contribution >= 4 is 53.1 Å². The van der Waals surface area contributed by atoms with E-state index in [1.54, 1.807) is 11.3 Å². The highest BCUT2D eigenvalue weighted by molar-refractivity contribution is 7.13. The van der Waals surface area contributed by atoms with Crippen LogP contribution in [0.2, 0.25) is 0 Å². The molecule has 1 atom stereocenters. The van der Waals surface area contributed by atoms with Gasteiger partial charge in [0.05, 0.1) is 27.1 Å². The number of para-hydroxylation sites is 2. The summed E-state index contributed by atoms with van der Waals surface area (Å²) in [6.45, 7) is 6.82. The summed E-state index contributed by atoms with van der Waals surface area (Å²) in [6, 6.07) is 8.19. The van der Waals surface area contributed by atoms with Crippen LogP contribution in [0, 0.1) is 6.92 Å². The van der Waals surface area contributed by atoms with Gasteiger partial charge in [-0.05, 0) is 26.0 Å². The van der Waals surface area contributed by atoms with E-state index in [2.05, 4.69) is 17.2 Å². The lowest BCUT2D eigenvalue weighted by molar-refractivity contribution is -0.134. The molecule has 0 radical (unpaired) electrons. The van der Waals surface area contributed by atoms with Crippen molar-refractivity contribution < 1.29 is 4.79 Å². The van der Waals surface area contributed by atoms with Crippen molar-refractivity contribution in [3.05, 3.63) is 35.5 Å². The summed E-state index contributed by atoms with van der Waals surface area (Å²) in [5.74, 6) is 0.970. The first-order valence-electron chi connectivity index (χ1n) is 8.51. The van der Waals surface area contributed by atoms with Crippen LogP contribution in [0.4, 0.5) is 0 Å². The Hall–Kier alpha value is -1.67. The molecule has 1 aromatic carbocycles. The minimum Gasteiger partial charge on any atom is -0.336 e. The number of rotatable bonds is 3. The van der Waals surface area contributed by atoms with E-state index >= 15 is 0 Å². The first-order valence-corrected chi connectivity index (χ1v) is 9.39. The summed E-state index contributed by atoms with van der Waals surface area (Å²) < 4.78 is 2.03. The highest BCUT2D eigenvalue weighted by Crippen LogP contribution is 2.30. The first-order chi connectivity index (χ1) is 12.1. The molecule has 4 rings (SSSR count). The van der Waals surface area contributed by atoms with Crippen LogP contribution in [0.15, 0.2) is 29.8 Å². The zero-order chi connectivity index (χ0) is 17.4. The molecule has 0 aliphatic carbocycles. The molecule has 9 heteroatoms. The molecule has 1 aliphatic rings. The number of nitrogens with one attached hydrogen (secondary N) is 1. The van der Waals surface area contributed by atoms with Gasteiger partial charge in [-0.1, -0.05) is 12.1 Å². The number of imidazole rings is 1. The fourth-order valence-corrected chi connectivity index (χ4v) is 4.16.